The third kappa shape index (κ3) is 16.8. The molecule has 0 saturated heterocycles. The Hall–Kier alpha value is -1.39. The Morgan fingerprint density at radius 3 is 1.21 bits per heavy atom. The third-order valence-corrected chi connectivity index (χ3v) is 4.78. The monoisotopic (exact) mass is 398 g/mol. The van der Waals surface area contributed by atoms with Crippen molar-refractivity contribution in [3.8, 4) is 0 Å². The van der Waals surface area contributed by atoms with Crippen molar-refractivity contribution in [2.24, 2.45) is 0 Å². The fraction of sp³-hybridized carbons (Fsp3) is 0.870. The first-order valence-corrected chi connectivity index (χ1v) is 11.4. The van der Waals surface area contributed by atoms with Gasteiger partial charge in [-0.15, -0.1) is 0 Å². The Morgan fingerprint density at radius 1 is 0.571 bits per heavy atom. The molecule has 0 fully saturated rings. The highest BCUT2D eigenvalue weighted by Crippen LogP contribution is 2.12. The summed E-state index contributed by atoms with van der Waals surface area (Å²) in [5, 5.41) is 0. The average molecular weight is 399 g/mol. The molecule has 0 aromatic carbocycles. The maximum Gasteiger partial charge on any atom is 0.309 e. The molecule has 0 radical (unpaired) electrons. The van der Waals surface area contributed by atoms with E-state index in [1.54, 1.807) is 0 Å². The molecule has 0 spiro atoms. The van der Waals surface area contributed by atoms with Crippen LogP contribution in [0.15, 0.2) is 0 Å². The number of ketones is 1. The zero-order valence-corrected chi connectivity index (χ0v) is 18.4. The van der Waals surface area contributed by atoms with Gasteiger partial charge >= 0.3 is 18.2 Å². The minimum atomic E-state index is -1.39. The van der Waals surface area contributed by atoms with Crippen molar-refractivity contribution < 1.29 is 23.9 Å². The van der Waals surface area contributed by atoms with Gasteiger partial charge in [-0.3, -0.25) is 14.4 Å². The molecule has 0 rings (SSSR count). The minimum Gasteiger partial charge on any atom is -0.417 e. The summed E-state index contributed by atoms with van der Waals surface area (Å²) in [6, 6.07) is 0. The van der Waals surface area contributed by atoms with E-state index in [0.717, 1.165) is 38.5 Å². The number of Topliss-reactive ketones (excluding diaryl/α,β-unsaturated/α-hetero) is 1. The summed E-state index contributed by atoms with van der Waals surface area (Å²) in [6.07, 6.45) is 14.6. The molecule has 0 aromatic heterocycles. The maximum absolute atomic E-state index is 11.9. The molecule has 0 unspecified atom stereocenters. The smallest absolute Gasteiger partial charge is 0.309 e. The van der Waals surface area contributed by atoms with Crippen molar-refractivity contribution in [1.82, 2.24) is 0 Å². The summed E-state index contributed by atoms with van der Waals surface area (Å²) in [4.78, 5) is 35.4. The second-order valence-electron chi connectivity index (χ2n) is 7.66. The SMILES string of the molecule is CCCCCCCCCC(=O)OC(OC(=O)CCCCCCCCC)C(C)=O. The lowest BCUT2D eigenvalue weighted by Crippen LogP contribution is -2.30. The van der Waals surface area contributed by atoms with E-state index < -0.39 is 24.0 Å². The van der Waals surface area contributed by atoms with Gasteiger partial charge in [-0.25, -0.2) is 0 Å². The topological polar surface area (TPSA) is 69.7 Å². The summed E-state index contributed by atoms with van der Waals surface area (Å²) in [6.45, 7) is 5.64. The molecule has 0 atom stereocenters. The Morgan fingerprint density at radius 2 is 0.893 bits per heavy atom. The van der Waals surface area contributed by atoms with Crippen LogP contribution in [-0.2, 0) is 23.9 Å². The van der Waals surface area contributed by atoms with Gasteiger partial charge in [-0.05, 0) is 12.8 Å². The van der Waals surface area contributed by atoms with Crippen molar-refractivity contribution in [1.29, 1.82) is 0 Å². The first kappa shape index (κ1) is 26.6. The first-order chi connectivity index (χ1) is 13.5. The quantitative estimate of drug-likeness (QED) is 0.146. The van der Waals surface area contributed by atoms with E-state index in [2.05, 4.69) is 13.8 Å². The molecule has 0 N–H and O–H groups in total. The molecule has 0 bridgehead atoms. The van der Waals surface area contributed by atoms with Crippen molar-refractivity contribution in [3.05, 3.63) is 0 Å². The van der Waals surface area contributed by atoms with Crippen molar-refractivity contribution in [2.75, 3.05) is 0 Å². The van der Waals surface area contributed by atoms with Crippen LogP contribution in [0.2, 0.25) is 0 Å². The number of esters is 2. The number of hydrogen-bond acceptors (Lipinski definition) is 5. The van der Waals surface area contributed by atoms with Gasteiger partial charge in [0, 0.05) is 19.8 Å². The molecular formula is C23H42O5. The minimum absolute atomic E-state index is 0.257. The zero-order valence-electron chi connectivity index (χ0n) is 18.4. The van der Waals surface area contributed by atoms with E-state index in [1.807, 2.05) is 0 Å². The van der Waals surface area contributed by atoms with Crippen LogP contribution in [0.5, 0.6) is 0 Å². The van der Waals surface area contributed by atoms with Gasteiger partial charge in [0.2, 0.25) is 5.78 Å². The average Bonchev–Trinajstić information content (AvgIpc) is 2.66. The van der Waals surface area contributed by atoms with Gasteiger partial charge in [-0.1, -0.05) is 90.9 Å². The van der Waals surface area contributed by atoms with Crippen LogP contribution in [0.25, 0.3) is 0 Å². The Labute approximate surface area is 171 Å². The van der Waals surface area contributed by atoms with Crippen LogP contribution in [-0.4, -0.2) is 24.0 Å². The summed E-state index contributed by atoms with van der Waals surface area (Å²) < 4.78 is 10.1. The zero-order chi connectivity index (χ0) is 21.0. The fourth-order valence-corrected chi connectivity index (χ4v) is 3.00. The molecule has 0 heterocycles. The lowest BCUT2D eigenvalue weighted by molar-refractivity contribution is -0.191. The van der Waals surface area contributed by atoms with Crippen molar-refractivity contribution in [2.45, 2.75) is 130 Å². The molecule has 0 amide bonds. The predicted octanol–water partition coefficient (Wildman–Crippen LogP) is 6.27. The van der Waals surface area contributed by atoms with Crippen molar-refractivity contribution >= 4 is 17.7 Å². The van der Waals surface area contributed by atoms with Gasteiger partial charge in [0.05, 0.1) is 0 Å². The molecule has 28 heavy (non-hydrogen) atoms. The van der Waals surface area contributed by atoms with E-state index in [0.29, 0.717) is 0 Å². The molecule has 0 aliphatic heterocycles. The number of ether oxygens (including phenoxy) is 2. The summed E-state index contributed by atoms with van der Waals surface area (Å²) in [5.74, 6) is -1.41. The molecule has 0 saturated carbocycles. The summed E-state index contributed by atoms with van der Waals surface area (Å²) in [7, 11) is 0. The van der Waals surface area contributed by atoms with Gasteiger partial charge in [0.15, 0.2) is 0 Å². The number of hydrogen-bond donors (Lipinski definition) is 0. The highest BCUT2D eigenvalue weighted by atomic mass is 16.7. The molecule has 164 valence electrons. The lowest BCUT2D eigenvalue weighted by Gasteiger charge is -2.15. The number of carbonyl (C=O) groups excluding carboxylic acids is 3. The highest BCUT2D eigenvalue weighted by Gasteiger charge is 2.23. The molecule has 5 heteroatoms. The maximum atomic E-state index is 11.9. The van der Waals surface area contributed by atoms with E-state index in [-0.39, 0.29) is 12.8 Å². The molecular weight excluding hydrogens is 356 g/mol. The van der Waals surface area contributed by atoms with Gasteiger partial charge < -0.3 is 9.47 Å². The van der Waals surface area contributed by atoms with Crippen molar-refractivity contribution in [3.63, 3.8) is 0 Å². The Balaban J connectivity index is 3.89. The molecule has 5 nitrogen and oxygen atoms in total. The van der Waals surface area contributed by atoms with E-state index in [1.165, 1.54) is 58.3 Å². The first-order valence-electron chi connectivity index (χ1n) is 11.4. The highest BCUT2D eigenvalue weighted by molar-refractivity contribution is 5.84. The standard InChI is InChI=1S/C23H42O5/c1-4-6-8-10-12-14-16-18-21(25)27-23(20(3)24)28-22(26)19-17-15-13-11-9-7-5-2/h23H,4-19H2,1-3H3. The molecule has 0 aliphatic carbocycles. The van der Waals surface area contributed by atoms with Crippen LogP contribution in [0.3, 0.4) is 0 Å². The number of carbonyl (C=O) groups is 3. The normalized spacial score (nSPS) is 10.9. The molecule has 0 aliphatic rings. The second-order valence-corrected chi connectivity index (χ2v) is 7.66. The van der Waals surface area contributed by atoms with Gasteiger partial charge in [0.25, 0.3) is 0 Å². The largest absolute Gasteiger partial charge is 0.417 e. The Kier molecular flexibility index (Phi) is 18.0. The van der Waals surface area contributed by atoms with Gasteiger partial charge in [-0.2, -0.15) is 0 Å². The van der Waals surface area contributed by atoms with Crippen LogP contribution >= 0.6 is 0 Å². The van der Waals surface area contributed by atoms with Crippen LogP contribution in [0.4, 0.5) is 0 Å². The van der Waals surface area contributed by atoms with Crippen LogP contribution in [0.1, 0.15) is 124 Å². The van der Waals surface area contributed by atoms with E-state index >= 15 is 0 Å². The summed E-state index contributed by atoms with van der Waals surface area (Å²) >= 11 is 0. The Bertz CT molecular complexity index is 387. The fourth-order valence-electron chi connectivity index (χ4n) is 3.00. The van der Waals surface area contributed by atoms with E-state index in [4.69, 9.17) is 9.47 Å². The van der Waals surface area contributed by atoms with E-state index in [9.17, 15) is 14.4 Å². The summed E-state index contributed by atoms with van der Waals surface area (Å²) in [5.41, 5.74) is 0. The second kappa shape index (κ2) is 18.9. The van der Waals surface area contributed by atoms with Crippen LogP contribution < -0.4 is 0 Å². The van der Waals surface area contributed by atoms with Crippen LogP contribution in [0, 0.1) is 0 Å². The van der Waals surface area contributed by atoms with Gasteiger partial charge in [0.1, 0.15) is 0 Å². The predicted molar refractivity (Wildman–Crippen MR) is 112 cm³/mol. The lowest BCUT2D eigenvalue weighted by atomic mass is 10.1. The number of unbranched alkanes of at least 4 members (excludes halogenated alkanes) is 12. The third-order valence-electron chi connectivity index (χ3n) is 4.78. The number of rotatable bonds is 19. The molecule has 0 aromatic rings.